The fourth-order valence-corrected chi connectivity index (χ4v) is 1.55. The van der Waals surface area contributed by atoms with Crippen LogP contribution in [0.1, 0.15) is 20.3 Å². The molecular weight excluding hydrogens is 126 g/mol. The Morgan fingerprint density at radius 2 is 2.20 bits per heavy atom. The quantitative estimate of drug-likeness (QED) is 0.607. The minimum atomic E-state index is 0.262. The van der Waals surface area contributed by atoms with Crippen molar-refractivity contribution in [1.29, 1.82) is 0 Å². The molecule has 3 unspecified atom stereocenters. The van der Waals surface area contributed by atoms with E-state index in [-0.39, 0.29) is 6.61 Å². The van der Waals surface area contributed by atoms with Crippen molar-refractivity contribution in [2.75, 3.05) is 13.2 Å². The summed E-state index contributed by atoms with van der Waals surface area (Å²) in [5, 5.41) is 11.8. The van der Waals surface area contributed by atoms with Crippen LogP contribution in [0, 0.1) is 11.8 Å². The molecule has 0 aromatic rings. The van der Waals surface area contributed by atoms with Crippen LogP contribution in [0.5, 0.6) is 0 Å². The molecule has 1 fully saturated rings. The summed E-state index contributed by atoms with van der Waals surface area (Å²) in [5.41, 5.74) is 0. The van der Waals surface area contributed by atoms with Gasteiger partial charge in [0.2, 0.25) is 0 Å². The fraction of sp³-hybridized carbons (Fsp3) is 1.00. The van der Waals surface area contributed by atoms with E-state index in [9.17, 15) is 0 Å². The molecule has 1 rings (SSSR count). The van der Waals surface area contributed by atoms with Crippen LogP contribution in [0.25, 0.3) is 0 Å². The number of nitrogens with one attached hydrogen (secondary N) is 1. The molecule has 1 saturated carbocycles. The van der Waals surface area contributed by atoms with Gasteiger partial charge in [-0.05, 0) is 18.3 Å². The van der Waals surface area contributed by atoms with Crippen molar-refractivity contribution < 1.29 is 5.11 Å². The Labute approximate surface area is 62.6 Å². The predicted molar refractivity (Wildman–Crippen MR) is 41.8 cm³/mol. The van der Waals surface area contributed by atoms with E-state index in [0.717, 1.165) is 18.4 Å². The summed E-state index contributed by atoms with van der Waals surface area (Å²) in [5.74, 6) is 1.67. The molecule has 0 radical (unpaired) electrons. The molecule has 1 aliphatic carbocycles. The molecule has 0 spiro atoms. The summed E-state index contributed by atoms with van der Waals surface area (Å²) in [6.45, 7) is 5.56. The third-order valence-corrected chi connectivity index (χ3v) is 2.68. The van der Waals surface area contributed by atoms with Crippen molar-refractivity contribution in [3.8, 4) is 0 Å². The minimum Gasteiger partial charge on any atom is -0.395 e. The molecular formula is C8H17NO. The van der Waals surface area contributed by atoms with Gasteiger partial charge in [0.1, 0.15) is 0 Å². The second kappa shape index (κ2) is 3.35. The lowest BCUT2D eigenvalue weighted by molar-refractivity contribution is 0.130. The van der Waals surface area contributed by atoms with Crippen molar-refractivity contribution in [2.24, 2.45) is 11.8 Å². The molecule has 0 bridgehead atoms. The molecule has 2 N–H and O–H groups in total. The van der Waals surface area contributed by atoms with Gasteiger partial charge in [0.15, 0.2) is 0 Å². The second-order valence-corrected chi connectivity index (χ2v) is 3.36. The van der Waals surface area contributed by atoms with Crippen LogP contribution in [0.2, 0.25) is 0 Å². The first kappa shape index (κ1) is 8.02. The number of aliphatic hydroxyl groups excluding tert-OH is 1. The molecule has 0 aliphatic heterocycles. The van der Waals surface area contributed by atoms with Crippen LogP contribution < -0.4 is 5.32 Å². The smallest absolute Gasteiger partial charge is 0.0556 e. The molecule has 60 valence electrons. The number of hydrogen-bond donors (Lipinski definition) is 2. The monoisotopic (exact) mass is 143 g/mol. The molecule has 0 amide bonds. The van der Waals surface area contributed by atoms with Crippen molar-refractivity contribution in [3.05, 3.63) is 0 Å². The van der Waals surface area contributed by atoms with E-state index in [4.69, 9.17) is 5.11 Å². The van der Waals surface area contributed by atoms with Gasteiger partial charge >= 0.3 is 0 Å². The Hall–Kier alpha value is -0.0800. The van der Waals surface area contributed by atoms with Crippen LogP contribution in [0.4, 0.5) is 0 Å². The van der Waals surface area contributed by atoms with Gasteiger partial charge in [-0.2, -0.15) is 0 Å². The van der Waals surface area contributed by atoms with Crippen LogP contribution in [0.3, 0.4) is 0 Å². The average molecular weight is 143 g/mol. The maximum absolute atomic E-state index is 8.52. The summed E-state index contributed by atoms with van der Waals surface area (Å²) < 4.78 is 0. The van der Waals surface area contributed by atoms with Crippen LogP contribution >= 0.6 is 0 Å². The highest BCUT2D eigenvalue weighted by Crippen LogP contribution is 2.33. The van der Waals surface area contributed by atoms with E-state index < -0.39 is 0 Å². The maximum Gasteiger partial charge on any atom is 0.0556 e. The zero-order chi connectivity index (χ0) is 7.56. The lowest BCUT2D eigenvalue weighted by Crippen LogP contribution is -2.48. The third kappa shape index (κ3) is 1.50. The average Bonchev–Trinajstić information content (AvgIpc) is 1.97. The molecule has 0 aromatic carbocycles. The fourth-order valence-electron chi connectivity index (χ4n) is 1.55. The van der Waals surface area contributed by atoms with Crippen LogP contribution in [0.15, 0.2) is 0 Å². The van der Waals surface area contributed by atoms with E-state index in [0.29, 0.717) is 6.04 Å². The number of aliphatic hydroxyl groups is 1. The van der Waals surface area contributed by atoms with Gasteiger partial charge < -0.3 is 10.4 Å². The first-order valence-electron chi connectivity index (χ1n) is 4.10. The van der Waals surface area contributed by atoms with E-state index in [1.807, 2.05) is 0 Å². The number of hydrogen-bond acceptors (Lipinski definition) is 2. The summed E-state index contributed by atoms with van der Waals surface area (Å²) in [6, 6.07) is 0.669. The van der Waals surface area contributed by atoms with Gasteiger partial charge in [-0.15, -0.1) is 0 Å². The van der Waals surface area contributed by atoms with Crippen molar-refractivity contribution >= 4 is 0 Å². The Bertz CT molecular complexity index is 105. The lowest BCUT2D eigenvalue weighted by atomic mass is 9.71. The number of rotatable bonds is 3. The Morgan fingerprint density at radius 1 is 1.50 bits per heavy atom. The van der Waals surface area contributed by atoms with E-state index in [2.05, 4.69) is 19.2 Å². The van der Waals surface area contributed by atoms with Crippen molar-refractivity contribution in [3.63, 3.8) is 0 Å². The van der Waals surface area contributed by atoms with Crippen LogP contribution in [-0.4, -0.2) is 24.3 Å². The van der Waals surface area contributed by atoms with Gasteiger partial charge in [-0.25, -0.2) is 0 Å². The van der Waals surface area contributed by atoms with Gasteiger partial charge in [0, 0.05) is 12.6 Å². The third-order valence-electron chi connectivity index (χ3n) is 2.68. The van der Waals surface area contributed by atoms with Gasteiger partial charge in [-0.3, -0.25) is 0 Å². The van der Waals surface area contributed by atoms with Crippen molar-refractivity contribution in [1.82, 2.24) is 5.32 Å². The van der Waals surface area contributed by atoms with E-state index in [1.165, 1.54) is 6.42 Å². The lowest BCUT2D eigenvalue weighted by Gasteiger charge is -2.41. The highest BCUT2D eigenvalue weighted by Gasteiger charge is 2.33. The summed E-state index contributed by atoms with van der Waals surface area (Å²) in [7, 11) is 0. The highest BCUT2D eigenvalue weighted by molar-refractivity contribution is 4.88. The van der Waals surface area contributed by atoms with Gasteiger partial charge in [-0.1, -0.05) is 13.8 Å². The van der Waals surface area contributed by atoms with Crippen molar-refractivity contribution in [2.45, 2.75) is 26.3 Å². The first-order valence-corrected chi connectivity index (χ1v) is 4.10. The molecule has 2 heteroatoms. The minimum absolute atomic E-state index is 0.262. The van der Waals surface area contributed by atoms with E-state index in [1.54, 1.807) is 0 Å². The SMILES string of the molecule is CC1CC(NCCO)C1C. The maximum atomic E-state index is 8.52. The molecule has 0 aromatic heterocycles. The summed E-state index contributed by atoms with van der Waals surface area (Å²) in [6.07, 6.45) is 1.28. The highest BCUT2D eigenvalue weighted by atomic mass is 16.3. The molecule has 10 heavy (non-hydrogen) atoms. The van der Waals surface area contributed by atoms with Gasteiger partial charge in [0.05, 0.1) is 6.61 Å². The normalized spacial score (nSPS) is 39.3. The zero-order valence-electron chi connectivity index (χ0n) is 6.80. The second-order valence-electron chi connectivity index (χ2n) is 3.36. The predicted octanol–water partition coefficient (Wildman–Crippen LogP) is 0.613. The first-order chi connectivity index (χ1) is 4.75. The summed E-state index contributed by atoms with van der Waals surface area (Å²) >= 11 is 0. The topological polar surface area (TPSA) is 32.3 Å². The van der Waals surface area contributed by atoms with Crippen LogP contribution in [-0.2, 0) is 0 Å². The summed E-state index contributed by atoms with van der Waals surface area (Å²) in [4.78, 5) is 0. The van der Waals surface area contributed by atoms with E-state index >= 15 is 0 Å². The largest absolute Gasteiger partial charge is 0.395 e. The van der Waals surface area contributed by atoms with Gasteiger partial charge in [0.25, 0.3) is 0 Å². The molecule has 0 saturated heterocycles. The Morgan fingerprint density at radius 3 is 2.60 bits per heavy atom. The molecule has 1 aliphatic rings. The zero-order valence-corrected chi connectivity index (χ0v) is 6.80. The Balaban J connectivity index is 2.08. The molecule has 0 heterocycles. The molecule has 2 nitrogen and oxygen atoms in total. The Kier molecular flexibility index (Phi) is 2.69. The molecule has 3 atom stereocenters. The standard InChI is InChI=1S/C8H17NO/c1-6-5-8(7(6)2)9-3-4-10/h6-10H,3-5H2,1-2H3.